The Hall–Kier alpha value is -3.73. The molecule has 0 aromatic heterocycles. The molecule has 2 aliphatic heterocycles. The van der Waals surface area contributed by atoms with Crippen molar-refractivity contribution >= 4 is 23.1 Å². The zero-order valence-electron chi connectivity index (χ0n) is 18.1. The number of nitrogens with zero attached hydrogens (tertiary/aromatic N) is 2. The normalized spacial score (nSPS) is 15.7. The van der Waals surface area contributed by atoms with Crippen molar-refractivity contribution in [2.75, 3.05) is 11.4 Å². The molecule has 0 saturated heterocycles. The van der Waals surface area contributed by atoms with Gasteiger partial charge in [0.05, 0.1) is 12.1 Å². The lowest BCUT2D eigenvalue weighted by atomic mass is 9.99. The number of benzene rings is 3. The summed E-state index contributed by atoms with van der Waals surface area (Å²) in [6.45, 7) is 4.77. The fourth-order valence-corrected chi connectivity index (χ4v) is 4.46. The van der Waals surface area contributed by atoms with E-state index in [0.29, 0.717) is 23.4 Å². The number of amides is 2. The molecule has 0 atom stereocenters. The largest absolute Gasteiger partial charge is 0.336 e. The van der Waals surface area contributed by atoms with Crippen LogP contribution >= 0.6 is 0 Å². The van der Waals surface area contributed by atoms with Gasteiger partial charge in [-0.1, -0.05) is 48.5 Å². The lowest BCUT2D eigenvalue weighted by Gasteiger charge is -2.22. The van der Waals surface area contributed by atoms with Crippen LogP contribution in [0.5, 0.6) is 0 Å². The molecule has 0 saturated carbocycles. The van der Waals surface area contributed by atoms with Crippen molar-refractivity contribution in [3.63, 3.8) is 0 Å². The molecule has 0 bridgehead atoms. The van der Waals surface area contributed by atoms with Gasteiger partial charge in [0.2, 0.25) is 0 Å². The van der Waals surface area contributed by atoms with E-state index in [1.807, 2.05) is 55.1 Å². The zero-order chi connectivity index (χ0) is 22.4. The number of hydrogen-bond acceptors (Lipinski definition) is 3. The lowest BCUT2D eigenvalue weighted by molar-refractivity contribution is -0.137. The van der Waals surface area contributed by atoms with Crippen LogP contribution in [0, 0.1) is 19.7 Å². The fraction of sp³-hybridized carbons (Fsp3) is 0.185. The lowest BCUT2D eigenvalue weighted by Crippen LogP contribution is -2.34. The van der Waals surface area contributed by atoms with Gasteiger partial charge in [-0.25, -0.2) is 4.39 Å². The maximum atomic E-state index is 13.7. The average molecular weight is 426 g/mol. The molecule has 0 N–H and O–H groups in total. The smallest absolute Gasteiger partial charge is 0.278 e. The minimum atomic E-state index is -0.351. The summed E-state index contributed by atoms with van der Waals surface area (Å²) in [5, 5.41) is 0. The van der Waals surface area contributed by atoms with Crippen molar-refractivity contribution in [2.24, 2.45) is 0 Å². The van der Waals surface area contributed by atoms with E-state index in [-0.39, 0.29) is 24.2 Å². The van der Waals surface area contributed by atoms with Gasteiger partial charge in [0.15, 0.2) is 0 Å². The second-order valence-corrected chi connectivity index (χ2v) is 8.38. The van der Waals surface area contributed by atoms with Crippen LogP contribution in [0.2, 0.25) is 0 Å². The molecule has 32 heavy (non-hydrogen) atoms. The topological polar surface area (TPSA) is 40.6 Å². The van der Waals surface area contributed by atoms with Crippen molar-refractivity contribution in [3.05, 3.63) is 106 Å². The van der Waals surface area contributed by atoms with E-state index in [2.05, 4.69) is 6.07 Å². The molecular weight excluding hydrogens is 403 g/mol. The van der Waals surface area contributed by atoms with Crippen molar-refractivity contribution < 1.29 is 14.0 Å². The third-order valence-electron chi connectivity index (χ3n) is 6.35. The predicted octanol–water partition coefficient (Wildman–Crippen LogP) is 4.79. The van der Waals surface area contributed by atoms with E-state index in [1.54, 1.807) is 12.1 Å². The van der Waals surface area contributed by atoms with Gasteiger partial charge in [-0.2, -0.15) is 0 Å². The molecule has 3 aromatic rings. The fourth-order valence-electron chi connectivity index (χ4n) is 4.46. The van der Waals surface area contributed by atoms with Gasteiger partial charge in [-0.15, -0.1) is 0 Å². The quantitative estimate of drug-likeness (QED) is 0.564. The van der Waals surface area contributed by atoms with Crippen LogP contribution in [0.1, 0.15) is 27.8 Å². The summed E-state index contributed by atoms with van der Waals surface area (Å²) >= 11 is 0. The summed E-state index contributed by atoms with van der Waals surface area (Å²) in [5.74, 6) is -0.984. The third-order valence-corrected chi connectivity index (χ3v) is 6.35. The van der Waals surface area contributed by atoms with Crippen LogP contribution in [0.15, 0.2) is 72.4 Å². The summed E-state index contributed by atoms with van der Waals surface area (Å²) < 4.78 is 13.4. The van der Waals surface area contributed by atoms with E-state index in [4.69, 9.17) is 0 Å². The number of aryl methyl sites for hydroxylation is 2. The average Bonchev–Trinajstić information content (AvgIpc) is 3.31. The van der Waals surface area contributed by atoms with E-state index in [1.165, 1.54) is 17.0 Å². The summed E-state index contributed by atoms with van der Waals surface area (Å²) in [7, 11) is 0. The Bertz CT molecular complexity index is 1280. The summed E-state index contributed by atoms with van der Waals surface area (Å²) in [5.41, 5.74) is 6.62. The summed E-state index contributed by atoms with van der Waals surface area (Å²) in [4.78, 5) is 30.5. The van der Waals surface area contributed by atoms with Gasteiger partial charge in [-0.05, 0) is 66.3 Å². The first kappa shape index (κ1) is 20.2. The predicted molar refractivity (Wildman–Crippen MR) is 122 cm³/mol. The van der Waals surface area contributed by atoms with E-state index in [0.717, 1.165) is 34.4 Å². The van der Waals surface area contributed by atoms with Crippen LogP contribution in [0.4, 0.5) is 10.1 Å². The van der Waals surface area contributed by atoms with Gasteiger partial charge >= 0.3 is 0 Å². The number of imide groups is 1. The molecule has 5 heteroatoms. The second kappa shape index (κ2) is 7.75. The van der Waals surface area contributed by atoms with Gasteiger partial charge in [0.25, 0.3) is 11.8 Å². The molecule has 2 heterocycles. The second-order valence-electron chi connectivity index (χ2n) is 8.38. The van der Waals surface area contributed by atoms with Crippen molar-refractivity contribution in [1.82, 2.24) is 4.90 Å². The SMILES string of the molecule is Cc1ccc(C2=C(N3CCc4ccccc43)C(=O)N(Cc3ccc(F)cc3)C2=O)cc1C. The van der Waals surface area contributed by atoms with Gasteiger partial charge in [-0.3, -0.25) is 14.5 Å². The van der Waals surface area contributed by atoms with Gasteiger partial charge < -0.3 is 4.90 Å². The van der Waals surface area contributed by atoms with Crippen LogP contribution < -0.4 is 4.90 Å². The molecule has 0 radical (unpaired) electrons. The summed E-state index contributed by atoms with van der Waals surface area (Å²) in [6, 6.07) is 19.7. The number of para-hydroxylation sites is 1. The molecule has 3 aromatic carbocycles. The highest BCUT2D eigenvalue weighted by atomic mass is 19.1. The third kappa shape index (κ3) is 3.30. The number of carbonyl (C=O) groups excluding carboxylic acids is 2. The Balaban J connectivity index is 1.62. The number of anilines is 1. The summed E-state index contributed by atoms with van der Waals surface area (Å²) in [6.07, 6.45) is 0.819. The number of fused-ring (bicyclic) bond motifs is 1. The van der Waals surface area contributed by atoms with E-state index in [9.17, 15) is 14.0 Å². The highest BCUT2D eigenvalue weighted by Gasteiger charge is 2.43. The molecule has 2 amide bonds. The molecule has 5 rings (SSSR count). The molecule has 2 aliphatic rings. The Kier molecular flexibility index (Phi) is 4.89. The zero-order valence-corrected chi connectivity index (χ0v) is 18.1. The number of rotatable bonds is 4. The highest BCUT2D eigenvalue weighted by Crippen LogP contribution is 2.39. The number of halogens is 1. The highest BCUT2D eigenvalue weighted by molar-refractivity contribution is 6.36. The van der Waals surface area contributed by atoms with Crippen LogP contribution in [-0.4, -0.2) is 23.3 Å². The Morgan fingerprint density at radius 1 is 0.875 bits per heavy atom. The van der Waals surface area contributed by atoms with Crippen molar-refractivity contribution in [2.45, 2.75) is 26.8 Å². The first-order chi connectivity index (χ1) is 15.4. The van der Waals surface area contributed by atoms with Crippen molar-refractivity contribution in [3.8, 4) is 0 Å². The number of carbonyl (C=O) groups is 2. The Morgan fingerprint density at radius 2 is 1.62 bits per heavy atom. The molecule has 160 valence electrons. The first-order valence-corrected chi connectivity index (χ1v) is 10.7. The number of hydrogen-bond donors (Lipinski definition) is 0. The molecule has 0 aliphatic carbocycles. The van der Waals surface area contributed by atoms with Crippen molar-refractivity contribution in [1.29, 1.82) is 0 Å². The van der Waals surface area contributed by atoms with Gasteiger partial charge in [0.1, 0.15) is 11.5 Å². The van der Waals surface area contributed by atoms with Crippen LogP contribution in [0.3, 0.4) is 0 Å². The molecular formula is C27H23FN2O2. The monoisotopic (exact) mass is 426 g/mol. The van der Waals surface area contributed by atoms with Crippen LogP contribution in [-0.2, 0) is 22.6 Å². The minimum Gasteiger partial charge on any atom is -0.336 e. The van der Waals surface area contributed by atoms with Crippen LogP contribution in [0.25, 0.3) is 5.57 Å². The molecule has 0 unspecified atom stereocenters. The van der Waals surface area contributed by atoms with Gasteiger partial charge in [0, 0.05) is 12.2 Å². The Labute approximate surface area is 186 Å². The minimum absolute atomic E-state index is 0.102. The maximum Gasteiger partial charge on any atom is 0.278 e. The molecule has 0 spiro atoms. The first-order valence-electron chi connectivity index (χ1n) is 10.7. The van der Waals surface area contributed by atoms with E-state index < -0.39 is 0 Å². The molecule has 4 nitrogen and oxygen atoms in total. The standard InChI is InChI=1S/C27H23FN2O2/c1-17-7-10-21(15-18(17)2)24-25(29-14-13-20-5-3-4-6-23(20)29)27(32)30(26(24)31)16-19-8-11-22(28)12-9-19/h3-12,15H,13-14,16H2,1-2H3. The molecule has 0 fully saturated rings. The Morgan fingerprint density at radius 3 is 2.38 bits per heavy atom. The maximum absolute atomic E-state index is 13.7. The van der Waals surface area contributed by atoms with E-state index >= 15 is 0 Å².